The monoisotopic (exact) mass is 452 g/mol. The van der Waals surface area contributed by atoms with Crippen LogP contribution >= 0.6 is 0 Å². The van der Waals surface area contributed by atoms with E-state index in [9.17, 15) is 13.2 Å². The topological polar surface area (TPSA) is 66.9 Å². The van der Waals surface area contributed by atoms with Crippen molar-refractivity contribution >= 4 is 26.7 Å². The summed E-state index contributed by atoms with van der Waals surface area (Å²) in [5.74, 6) is 0.618. The zero-order valence-corrected chi connectivity index (χ0v) is 19.3. The molecule has 6 nitrogen and oxygen atoms in total. The predicted octanol–water partition coefficient (Wildman–Crippen LogP) is 4.08. The van der Waals surface area contributed by atoms with E-state index in [4.69, 9.17) is 4.74 Å². The Morgan fingerprint density at radius 3 is 2.47 bits per heavy atom. The van der Waals surface area contributed by atoms with Crippen LogP contribution in [0.3, 0.4) is 0 Å². The van der Waals surface area contributed by atoms with Gasteiger partial charge in [-0.1, -0.05) is 42.0 Å². The van der Waals surface area contributed by atoms with Gasteiger partial charge < -0.3 is 9.64 Å². The zero-order valence-electron chi connectivity index (χ0n) is 18.5. The van der Waals surface area contributed by atoms with Crippen molar-refractivity contribution in [3.8, 4) is 5.75 Å². The number of aryl methyl sites for hydroxylation is 1. The molecule has 0 aromatic heterocycles. The fourth-order valence-corrected chi connectivity index (χ4v) is 5.85. The molecule has 0 N–H and O–H groups in total. The lowest BCUT2D eigenvalue weighted by Crippen LogP contribution is -2.37. The number of ether oxygens (including phenoxy) is 1. The van der Waals surface area contributed by atoms with E-state index in [1.165, 1.54) is 4.31 Å². The van der Waals surface area contributed by atoms with E-state index in [2.05, 4.69) is 0 Å². The maximum Gasteiger partial charge on any atom is 0.253 e. The molecule has 0 unspecified atom stereocenters. The van der Waals surface area contributed by atoms with Crippen LogP contribution in [0, 0.1) is 6.92 Å². The molecule has 4 rings (SSSR count). The van der Waals surface area contributed by atoms with E-state index < -0.39 is 10.0 Å². The van der Waals surface area contributed by atoms with Crippen LogP contribution in [0.4, 0.5) is 0 Å². The number of amides is 1. The Morgan fingerprint density at radius 2 is 1.72 bits per heavy atom. The molecule has 32 heavy (non-hydrogen) atoms. The molecule has 0 aliphatic carbocycles. The molecular formula is C25H28N2O4S. The molecule has 3 aromatic rings. The molecule has 1 aliphatic heterocycles. The molecular weight excluding hydrogens is 424 g/mol. The van der Waals surface area contributed by atoms with Crippen molar-refractivity contribution in [3.05, 3.63) is 71.8 Å². The van der Waals surface area contributed by atoms with Gasteiger partial charge in [0.2, 0.25) is 10.0 Å². The van der Waals surface area contributed by atoms with E-state index in [1.54, 1.807) is 23.1 Å². The van der Waals surface area contributed by atoms with Gasteiger partial charge in [-0.3, -0.25) is 4.79 Å². The molecule has 1 aliphatic rings. The minimum absolute atomic E-state index is 0.0561. The lowest BCUT2D eigenvalue weighted by atomic mass is 10.1. The average Bonchev–Trinajstić information content (AvgIpc) is 3.06. The summed E-state index contributed by atoms with van der Waals surface area (Å²) in [6.07, 6.45) is 0.589. The second-order valence-corrected chi connectivity index (χ2v) is 9.87. The Balaban J connectivity index is 1.59. The number of hydrogen-bond acceptors (Lipinski definition) is 4. The van der Waals surface area contributed by atoms with Gasteiger partial charge in [0.05, 0.1) is 11.5 Å². The number of carbonyl (C=O) groups excluding carboxylic acids is 1. The Bertz CT molecular complexity index is 1240. The first-order chi connectivity index (χ1) is 15.4. The Kier molecular flexibility index (Phi) is 6.48. The van der Waals surface area contributed by atoms with Gasteiger partial charge >= 0.3 is 0 Å². The van der Waals surface area contributed by atoms with Crippen LogP contribution in [0.2, 0.25) is 0 Å². The first kappa shape index (κ1) is 22.3. The summed E-state index contributed by atoms with van der Waals surface area (Å²) in [6, 6.07) is 18.3. The third-order valence-electron chi connectivity index (χ3n) is 5.77. The highest BCUT2D eigenvalue weighted by Crippen LogP contribution is 2.33. The van der Waals surface area contributed by atoms with Crippen LogP contribution in [0.25, 0.3) is 10.8 Å². The second kappa shape index (κ2) is 9.30. The first-order valence-corrected chi connectivity index (χ1v) is 12.4. The quantitative estimate of drug-likeness (QED) is 0.585. The largest absolute Gasteiger partial charge is 0.493 e. The lowest BCUT2D eigenvalue weighted by Gasteiger charge is -2.23. The van der Waals surface area contributed by atoms with Crippen LogP contribution in [0.5, 0.6) is 5.75 Å². The molecule has 0 spiro atoms. The van der Waals surface area contributed by atoms with Crippen LogP contribution in [-0.4, -0.2) is 56.3 Å². The Morgan fingerprint density at radius 1 is 0.938 bits per heavy atom. The Hall–Kier alpha value is -2.90. The molecule has 1 saturated heterocycles. The van der Waals surface area contributed by atoms with Crippen molar-refractivity contribution in [1.29, 1.82) is 0 Å². The molecule has 1 fully saturated rings. The van der Waals surface area contributed by atoms with Gasteiger partial charge in [-0.15, -0.1) is 0 Å². The van der Waals surface area contributed by atoms with Gasteiger partial charge in [-0.2, -0.15) is 4.31 Å². The standard InChI is InChI=1S/C25H28N2O4S/c1-3-31-23-12-13-24(22-11-5-4-10-21(22)23)32(29,30)27-15-7-14-26(16-17-27)25(28)20-9-6-8-19(2)18-20/h4-6,8-13,18H,3,7,14-17H2,1-2H3. The van der Waals surface area contributed by atoms with E-state index in [0.717, 1.165) is 10.9 Å². The normalized spacial score (nSPS) is 15.5. The Labute approximate surface area is 189 Å². The number of nitrogens with zero attached hydrogens (tertiary/aromatic N) is 2. The van der Waals surface area contributed by atoms with Gasteiger partial charge in [-0.25, -0.2) is 8.42 Å². The molecule has 1 amide bonds. The summed E-state index contributed by atoms with van der Waals surface area (Å²) >= 11 is 0. The molecule has 0 saturated carbocycles. The van der Waals surface area contributed by atoms with Gasteiger partial charge in [0.15, 0.2) is 0 Å². The summed E-state index contributed by atoms with van der Waals surface area (Å²) in [4.78, 5) is 15.0. The summed E-state index contributed by atoms with van der Waals surface area (Å²) in [7, 11) is -3.72. The van der Waals surface area contributed by atoms with Crippen LogP contribution in [0.15, 0.2) is 65.6 Å². The number of rotatable bonds is 5. The van der Waals surface area contributed by atoms with Crippen molar-refractivity contribution in [2.24, 2.45) is 0 Å². The summed E-state index contributed by atoms with van der Waals surface area (Å²) in [5, 5.41) is 1.43. The third-order valence-corrected chi connectivity index (χ3v) is 7.73. The van der Waals surface area contributed by atoms with Crippen LogP contribution < -0.4 is 4.74 Å². The minimum atomic E-state index is -3.72. The molecule has 168 valence electrons. The van der Waals surface area contributed by atoms with Crippen molar-refractivity contribution < 1.29 is 17.9 Å². The highest BCUT2D eigenvalue weighted by atomic mass is 32.2. The van der Waals surface area contributed by atoms with E-state index in [1.807, 2.05) is 56.3 Å². The van der Waals surface area contributed by atoms with Crippen molar-refractivity contribution in [1.82, 2.24) is 9.21 Å². The zero-order chi connectivity index (χ0) is 22.7. The summed E-state index contributed by atoms with van der Waals surface area (Å²) < 4.78 is 34.4. The average molecular weight is 453 g/mol. The maximum atomic E-state index is 13.6. The van der Waals surface area contributed by atoms with Crippen LogP contribution in [-0.2, 0) is 10.0 Å². The van der Waals surface area contributed by atoms with Crippen molar-refractivity contribution in [2.45, 2.75) is 25.2 Å². The van der Waals surface area contributed by atoms with Gasteiger partial charge in [0.1, 0.15) is 5.75 Å². The number of hydrogen-bond donors (Lipinski definition) is 0. The van der Waals surface area contributed by atoms with Crippen molar-refractivity contribution in [3.63, 3.8) is 0 Å². The third kappa shape index (κ3) is 4.36. The van der Waals surface area contributed by atoms with E-state index in [-0.39, 0.29) is 17.3 Å². The van der Waals surface area contributed by atoms with Gasteiger partial charge in [0.25, 0.3) is 5.91 Å². The maximum absolute atomic E-state index is 13.6. The molecule has 0 radical (unpaired) electrons. The fraction of sp³-hybridized carbons (Fsp3) is 0.320. The number of sulfonamides is 1. The smallest absolute Gasteiger partial charge is 0.253 e. The molecule has 0 atom stereocenters. The predicted molar refractivity (Wildman–Crippen MR) is 126 cm³/mol. The minimum Gasteiger partial charge on any atom is -0.493 e. The summed E-state index contributed by atoms with van der Waals surface area (Å²) in [5.41, 5.74) is 1.66. The van der Waals surface area contributed by atoms with E-state index >= 15 is 0 Å². The van der Waals surface area contributed by atoms with E-state index in [0.29, 0.717) is 49.4 Å². The number of fused-ring (bicyclic) bond motifs is 1. The van der Waals surface area contributed by atoms with Crippen molar-refractivity contribution in [2.75, 3.05) is 32.8 Å². The molecule has 0 bridgehead atoms. The lowest BCUT2D eigenvalue weighted by molar-refractivity contribution is 0.0764. The highest BCUT2D eigenvalue weighted by molar-refractivity contribution is 7.89. The number of benzene rings is 3. The molecule has 7 heteroatoms. The highest BCUT2D eigenvalue weighted by Gasteiger charge is 2.30. The second-order valence-electron chi connectivity index (χ2n) is 7.96. The molecule has 1 heterocycles. The van der Waals surface area contributed by atoms with Gasteiger partial charge in [0, 0.05) is 42.5 Å². The van der Waals surface area contributed by atoms with Crippen LogP contribution in [0.1, 0.15) is 29.3 Å². The first-order valence-electron chi connectivity index (χ1n) is 10.9. The summed E-state index contributed by atoms with van der Waals surface area (Å²) in [6.45, 7) is 5.90. The fourth-order valence-electron chi connectivity index (χ4n) is 4.19. The number of carbonyl (C=O) groups is 1. The van der Waals surface area contributed by atoms with Gasteiger partial charge in [-0.05, 0) is 44.5 Å². The molecule has 3 aromatic carbocycles. The SMILES string of the molecule is CCOc1ccc(S(=O)(=O)N2CCCN(C(=O)c3cccc(C)c3)CC2)c2ccccc12.